The first-order valence-electron chi connectivity index (χ1n) is 8.85. The van der Waals surface area contributed by atoms with Crippen molar-refractivity contribution >= 4 is 5.69 Å². The Kier molecular flexibility index (Phi) is 5.40. The van der Waals surface area contributed by atoms with Crippen molar-refractivity contribution in [2.75, 3.05) is 18.5 Å². The van der Waals surface area contributed by atoms with E-state index in [-0.39, 0.29) is 0 Å². The molecule has 0 heterocycles. The Hall–Kier alpha value is -2.62. The summed E-state index contributed by atoms with van der Waals surface area (Å²) in [5.41, 5.74) is 2.02. The number of aliphatic hydroxyl groups excluding tert-OH is 1. The molecule has 3 aromatic rings. The molecule has 0 amide bonds. The molecule has 3 nitrogen and oxygen atoms in total. The highest BCUT2D eigenvalue weighted by atomic mass is 16.3. The lowest BCUT2D eigenvalue weighted by Gasteiger charge is -2.34. The summed E-state index contributed by atoms with van der Waals surface area (Å²) in [6, 6.07) is 27.2. The molecule has 2 N–H and O–H groups in total. The summed E-state index contributed by atoms with van der Waals surface area (Å²) in [6.07, 6.45) is -0.463. The predicted octanol–water partition coefficient (Wildman–Crippen LogP) is 3.79. The summed E-state index contributed by atoms with van der Waals surface area (Å²) in [5.74, 6) is 0. The molecule has 1 atom stereocenters. The standard InChI is InChI=1S/C23H25NO2/c1-18(25)17-24(2)22-16-10-9-15-21(22)23(26,19-11-5-3-6-12-19)20-13-7-4-8-14-20/h3-16,18,25-26H,17H2,1-2H3. The van der Waals surface area contributed by atoms with E-state index in [9.17, 15) is 10.2 Å². The van der Waals surface area contributed by atoms with E-state index in [2.05, 4.69) is 0 Å². The first-order chi connectivity index (χ1) is 12.5. The highest BCUT2D eigenvalue weighted by molar-refractivity contribution is 5.62. The van der Waals surface area contributed by atoms with Gasteiger partial charge in [0.1, 0.15) is 5.60 Å². The molecule has 1 unspecified atom stereocenters. The van der Waals surface area contributed by atoms with Crippen molar-refractivity contribution in [2.45, 2.75) is 18.6 Å². The van der Waals surface area contributed by atoms with Gasteiger partial charge in [-0.2, -0.15) is 0 Å². The number of aliphatic hydroxyl groups is 2. The van der Waals surface area contributed by atoms with E-state index in [1.807, 2.05) is 96.9 Å². The Bertz CT molecular complexity index is 792. The lowest BCUT2D eigenvalue weighted by molar-refractivity contribution is 0.126. The number of anilines is 1. The van der Waals surface area contributed by atoms with E-state index in [0.29, 0.717) is 6.54 Å². The SMILES string of the molecule is CC(O)CN(C)c1ccccc1C(O)(c1ccccc1)c1ccccc1. The second-order valence-corrected chi connectivity index (χ2v) is 6.69. The normalized spacial score (nSPS) is 12.6. The van der Waals surface area contributed by atoms with Crippen molar-refractivity contribution < 1.29 is 10.2 Å². The average Bonchev–Trinajstić information content (AvgIpc) is 2.68. The number of benzene rings is 3. The minimum absolute atomic E-state index is 0.463. The van der Waals surface area contributed by atoms with Crippen LogP contribution in [-0.2, 0) is 5.60 Å². The largest absolute Gasteiger partial charge is 0.392 e. The highest BCUT2D eigenvalue weighted by Crippen LogP contribution is 2.40. The van der Waals surface area contributed by atoms with Crippen LogP contribution in [0.4, 0.5) is 5.69 Å². The number of rotatable bonds is 6. The molecule has 26 heavy (non-hydrogen) atoms. The van der Waals surface area contributed by atoms with Crippen LogP contribution in [0.3, 0.4) is 0 Å². The zero-order chi connectivity index (χ0) is 18.6. The Balaban J connectivity index is 2.22. The third-order valence-corrected chi connectivity index (χ3v) is 4.63. The van der Waals surface area contributed by atoms with Crippen LogP contribution in [0.25, 0.3) is 0 Å². The lowest BCUT2D eigenvalue weighted by Crippen LogP contribution is -2.34. The van der Waals surface area contributed by atoms with Gasteiger partial charge >= 0.3 is 0 Å². The van der Waals surface area contributed by atoms with E-state index < -0.39 is 11.7 Å². The van der Waals surface area contributed by atoms with E-state index in [1.54, 1.807) is 6.92 Å². The molecule has 0 aliphatic heterocycles. The topological polar surface area (TPSA) is 43.7 Å². The third kappa shape index (κ3) is 3.50. The van der Waals surface area contributed by atoms with Gasteiger partial charge in [-0.1, -0.05) is 78.9 Å². The molecule has 0 saturated heterocycles. The summed E-state index contributed by atoms with van der Waals surface area (Å²) in [5, 5.41) is 21.8. The molecule has 0 aliphatic carbocycles. The number of hydrogen-bond acceptors (Lipinski definition) is 3. The third-order valence-electron chi connectivity index (χ3n) is 4.63. The second kappa shape index (κ2) is 7.73. The van der Waals surface area contributed by atoms with Crippen LogP contribution in [-0.4, -0.2) is 29.9 Å². The minimum Gasteiger partial charge on any atom is -0.392 e. The summed E-state index contributed by atoms with van der Waals surface area (Å²) >= 11 is 0. The fourth-order valence-corrected chi connectivity index (χ4v) is 3.44. The van der Waals surface area contributed by atoms with Gasteiger partial charge in [0.15, 0.2) is 0 Å². The number of hydrogen-bond donors (Lipinski definition) is 2. The molecule has 0 aliphatic rings. The van der Waals surface area contributed by atoms with Crippen LogP contribution in [0.15, 0.2) is 84.9 Å². The molecular weight excluding hydrogens is 322 g/mol. The van der Waals surface area contributed by atoms with Crippen LogP contribution in [0, 0.1) is 0 Å². The molecule has 3 aromatic carbocycles. The van der Waals surface area contributed by atoms with Crippen LogP contribution < -0.4 is 4.90 Å². The summed E-state index contributed by atoms with van der Waals surface area (Å²) < 4.78 is 0. The number of para-hydroxylation sites is 1. The monoisotopic (exact) mass is 347 g/mol. The maximum atomic E-state index is 12.0. The maximum Gasteiger partial charge on any atom is 0.142 e. The molecule has 3 heteroatoms. The van der Waals surface area contributed by atoms with Crippen molar-refractivity contribution in [3.63, 3.8) is 0 Å². The van der Waals surface area contributed by atoms with Gasteiger partial charge in [0, 0.05) is 24.8 Å². The minimum atomic E-state index is -1.29. The molecule has 3 rings (SSSR count). The molecule has 0 spiro atoms. The van der Waals surface area contributed by atoms with Crippen molar-refractivity contribution in [3.05, 3.63) is 102 Å². The molecule has 134 valence electrons. The van der Waals surface area contributed by atoms with Gasteiger partial charge in [0.05, 0.1) is 6.10 Å². The van der Waals surface area contributed by atoms with Gasteiger partial charge in [-0.15, -0.1) is 0 Å². The Labute approximate surface area is 155 Å². The molecule has 0 radical (unpaired) electrons. The van der Waals surface area contributed by atoms with Crippen molar-refractivity contribution in [2.24, 2.45) is 0 Å². The van der Waals surface area contributed by atoms with Crippen LogP contribution in [0.5, 0.6) is 0 Å². The Morgan fingerprint density at radius 1 is 0.808 bits per heavy atom. The Morgan fingerprint density at radius 3 is 1.77 bits per heavy atom. The van der Waals surface area contributed by atoms with Gasteiger partial charge in [-0.25, -0.2) is 0 Å². The van der Waals surface area contributed by atoms with Crippen LogP contribution >= 0.6 is 0 Å². The molecule has 0 aromatic heterocycles. The fraction of sp³-hybridized carbons (Fsp3) is 0.217. The molecule has 0 fully saturated rings. The molecule has 0 saturated carbocycles. The summed E-state index contributed by atoms with van der Waals surface area (Å²) in [6.45, 7) is 2.25. The van der Waals surface area contributed by atoms with Gasteiger partial charge < -0.3 is 15.1 Å². The van der Waals surface area contributed by atoms with Gasteiger partial charge in [-0.05, 0) is 24.1 Å². The van der Waals surface area contributed by atoms with E-state index in [0.717, 1.165) is 22.4 Å². The molecule has 0 bridgehead atoms. The van der Waals surface area contributed by atoms with Gasteiger partial charge in [0.25, 0.3) is 0 Å². The quantitative estimate of drug-likeness (QED) is 0.667. The van der Waals surface area contributed by atoms with Crippen LogP contribution in [0.1, 0.15) is 23.6 Å². The van der Waals surface area contributed by atoms with Crippen molar-refractivity contribution in [1.29, 1.82) is 0 Å². The van der Waals surface area contributed by atoms with E-state index in [4.69, 9.17) is 0 Å². The summed E-state index contributed by atoms with van der Waals surface area (Å²) in [4.78, 5) is 1.98. The Morgan fingerprint density at radius 2 is 1.27 bits per heavy atom. The first-order valence-corrected chi connectivity index (χ1v) is 8.85. The number of nitrogens with zero attached hydrogens (tertiary/aromatic N) is 1. The smallest absolute Gasteiger partial charge is 0.142 e. The lowest BCUT2D eigenvalue weighted by atomic mass is 9.79. The summed E-state index contributed by atoms with van der Waals surface area (Å²) in [7, 11) is 1.93. The highest BCUT2D eigenvalue weighted by Gasteiger charge is 2.36. The predicted molar refractivity (Wildman–Crippen MR) is 106 cm³/mol. The zero-order valence-electron chi connectivity index (χ0n) is 15.2. The van der Waals surface area contributed by atoms with Crippen molar-refractivity contribution in [3.8, 4) is 0 Å². The second-order valence-electron chi connectivity index (χ2n) is 6.69. The van der Waals surface area contributed by atoms with E-state index in [1.165, 1.54) is 0 Å². The van der Waals surface area contributed by atoms with Crippen molar-refractivity contribution in [1.82, 2.24) is 0 Å². The maximum absolute atomic E-state index is 12.0. The average molecular weight is 347 g/mol. The van der Waals surface area contributed by atoms with E-state index >= 15 is 0 Å². The van der Waals surface area contributed by atoms with Gasteiger partial charge in [0.2, 0.25) is 0 Å². The fourth-order valence-electron chi connectivity index (χ4n) is 3.44. The zero-order valence-corrected chi connectivity index (χ0v) is 15.2. The first kappa shape index (κ1) is 18.2. The van der Waals surface area contributed by atoms with Gasteiger partial charge in [-0.3, -0.25) is 0 Å². The molecular formula is C23H25NO2. The van der Waals surface area contributed by atoms with Crippen LogP contribution in [0.2, 0.25) is 0 Å². The number of likely N-dealkylation sites (N-methyl/N-ethyl adjacent to an activating group) is 1.